The van der Waals surface area contributed by atoms with Gasteiger partial charge in [-0.05, 0) is 104 Å². The van der Waals surface area contributed by atoms with E-state index in [1.54, 1.807) is 0 Å². The van der Waals surface area contributed by atoms with Crippen LogP contribution in [-0.4, -0.2) is 0 Å². The zero-order valence-corrected chi connectivity index (χ0v) is 31.2. The number of nitrogens with zero attached hydrogens (tertiary/aromatic N) is 1. The van der Waals surface area contributed by atoms with Gasteiger partial charge in [0.25, 0.3) is 0 Å². The summed E-state index contributed by atoms with van der Waals surface area (Å²) in [6.07, 6.45) is 0. The van der Waals surface area contributed by atoms with Crippen molar-refractivity contribution in [1.29, 1.82) is 0 Å². The van der Waals surface area contributed by atoms with Gasteiger partial charge in [-0.15, -0.1) is 0 Å². The highest BCUT2D eigenvalue weighted by molar-refractivity contribution is 5.92. The summed E-state index contributed by atoms with van der Waals surface area (Å²) in [7, 11) is 0. The van der Waals surface area contributed by atoms with Crippen LogP contribution >= 0.6 is 0 Å². The van der Waals surface area contributed by atoms with Crippen LogP contribution in [-0.2, 0) is 5.41 Å². The molecule has 0 saturated carbocycles. The van der Waals surface area contributed by atoms with Gasteiger partial charge in [-0.3, -0.25) is 0 Å². The molecule has 0 aromatic heterocycles. The van der Waals surface area contributed by atoms with Crippen molar-refractivity contribution < 1.29 is 4.74 Å². The van der Waals surface area contributed by atoms with Crippen LogP contribution in [0.5, 0.6) is 11.5 Å². The largest absolute Gasteiger partial charge is 0.457 e. The number of para-hydroxylation sites is 2. The standard InChI is InChI=1S/C55H37NO/c1-3-16-38(17-4-1)41-20-15-21-43(36-41)56(42-32-30-40(31-33-42)46-23-8-7-22-45(46)39-18-5-2-6-19-39)44-34-35-48-47-24-9-10-25-49(47)55(52(48)37-44)50-26-11-13-28-53(50)57-54-29-14-12-27-51(54)55/h1-37H. The molecule has 0 amide bonds. The fourth-order valence-corrected chi connectivity index (χ4v) is 9.28. The number of fused-ring (bicyclic) bond motifs is 9. The van der Waals surface area contributed by atoms with Crippen molar-refractivity contribution in [2.45, 2.75) is 5.41 Å². The zero-order chi connectivity index (χ0) is 37.8. The summed E-state index contributed by atoms with van der Waals surface area (Å²) >= 11 is 0. The maximum Gasteiger partial charge on any atom is 0.132 e. The van der Waals surface area contributed by atoms with Crippen molar-refractivity contribution >= 4 is 17.1 Å². The molecular formula is C55H37NO. The van der Waals surface area contributed by atoms with Gasteiger partial charge < -0.3 is 9.64 Å². The average molecular weight is 728 g/mol. The summed E-state index contributed by atoms with van der Waals surface area (Å²) in [6.45, 7) is 0. The predicted molar refractivity (Wildman–Crippen MR) is 235 cm³/mol. The van der Waals surface area contributed by atoms with E-state index in [9.17, 15) is 0 Å². The Bertz CT molecular complexity index is 2890. The second kappa shape index (κ2) is 13.4. The molecule has 9 aromatic rings. The van der Waals surface area contributed by atoms with Crippen LogP contribution < -0.4 is 9.64 Å². The average Bonchev–Trinajstić information content (AvgIpc) is 3.57. The molecule has 1 spiro atoms. The summed E-state index contributed by atoms with van der Waals surface area (Å²) in [4.78, 5) is 2.41. The highest BCUT2D eigenvalue weighted by atomic mass is 16.5. The second-order valence-electron chi connectivity index (χ2n) is 14.8. The number of hydrogen-bond acceptors (Lipinski definition) is 2. The first-order valence-corrected chi connectivity index (χ1v) is 19.6. The third-order valence-corrected chi connectivity index (χ3v) is 11.7. The van der Waals surface area contributed by atoms with Gasteiger partial charge in [-0.1, -0.05) is 176 Å². The van der Waals surface area contributed by atoms with Crippen molar-refractivity contribution in [3.05, 3.63) is 247 Å². The predicted octanol–water partition coefficient (Wildman–Crippen LogP) is 14.6. The molecule has 0 bridgehead atoms. The van der Waals surface area contributed by atoms with Crippen LogP contribution in [0.15, 0.2) is 224 Å². The van der Waals surface area contributed by atoms with Gasteiger partial charge in [0.1, 0.15) is 11.5 Å². The number of ether oxygens (including phenoxy) is 1. The first kappa shape index (κ1) is 33.0. The molecule has 2 heteroatoms. The Hall–Kier alpha value is -7.42. The molecule has 0 saturated heterocycles. The molecule has 11 rings (SSSR count). The van der Waals surface area contributed by atoms with E-state index in [0.29, 0.717) is 0 Å². The highest BCUT2D eigenvalue weighted by Gasteiger charge is 2.51. The molecule has 57 heavy (non-hydrogen) atoms. The molecule has 1 aliphatic carbocycles. The Morgan fingerprint density at radius 2 is 0.754 bits per heavy atom. The van der Waals surface area contributed by atoms with Crippen LogP contribution in [0.25, 0.3) is 44.5 Å². The van der Waals surface area contributed by atoms with Gasteiger partial charge in [0, 0.05) is 28.2 Å². The Kier molecular flexibility index (Phi) is 7.75. The number of hydrogen-bond donors (Lipinski definition) is 0. The van der Waals surface area contributed by atoms with Crippen molar-refractivity contribution in [2.75, 3.05) is 4.90 Å². The Morgan fingerprint density at radius 1 is 0.281 bits per heavy atom. The number of rotatable bonds is 6. The molecular weight excluding hydrogens is 691 g/mol. The molecule has 1 heterocycles. The van der Waals surface area contributed by atoms with Crippen molar-refractivity contribution in [2.24, 2.45) is 0 Å². The van der Waals surface area contributed by atoms with Crippen LogP contribution in [0.1, 0.15) is 22.3 Å². The van der Waals surface area contributed by atoms with E-state index in [4.69, 9.17) is 4.74 Å². The summed E-state index contributed by atoms with van der Waals surface area (Å²) in [6, 6.07) is 81.0. The van der Waals surface area contributed by atoms with Gasteiger partial charge in [0.05, 0.1) is 5.41 Å². The minimum Gasteiger partial charge on any atom is -0.457 e. The summed E-state index contributed by atoms with van der Waals surface area (Å²) in [5.74, 6) is 1.78. The normalized spacial score (nSPS) is 12.8. The zero-order valence-electron chi connectivity index (χ0n) is 31.2. The molecule has 0 N–H and O–H groups in total. The first-order chi connectivity index (χ1) is 28.3. The quantitative estimate of drug-likeness (QED) is 0.169. The van der Waals surface area contributed by atoms with E-state index in [1.807, 2.05) is 0 Å². The third-order valence-electron chi connectivity index (χ3n) is 11.7. The smallest absolute Gasteiger partial charge is 0.132 e. The topological polar surface area (TPSA) is 12.5 Å². The first-order valence-electron chi connectivity index (χ1n) is 19.6. The van der Waals surface area contributed by atoms with Crippen molar-refractivity contribution in [3.63, 3.8) is 0 Å². The van der Waals surface area contributed by atoms with Gasteiger partial charge in [0.15, 0.2) is 0 Å². The summed E-state index contributed by atoms with van der Waals surface area (Å²) in [5.41, 5.74) is 17.2. The lowest BCUT2D eigenvalue weighted by Crippen LogP contribution is -2.32. The van der Waals surface area contributed by atoms with Gasteiger partial charge in [0.2, 0.25) is 0 Å². The molecule has 2 aliphatic rings. The molecule has 0 radical (unpaired) electrons. The van der Waals surface area contributed by atoms with Crippen LogP contribution in [0.4, 0.5) is 17.1 Å². The van der Waals surface area contributed by atoms with E-state index in [0.717, 1.165) is 39.7 Å². The highest BCUT2D eigenvalue weighted by Crippen LogP contribution is 2.62. The molecule has 268 valence electrons. The maximum absolute atomic E-state index is 6.64. The lowest BCUT2D eigenvalue weighted by Gasteiger charge is -2.39. The second-order valence-corrected chi connectivity index (χ2v) is 14.8. The Balaban J connectivity index is 1.12. The fraction of sp³-hybridized carbons (Fsp3) is 0.0182. The van der Waals surface area contributed by atoms with Crippen molar-refractivity contribution in [1.82, 2.24) is 0 Å². The third kappa shape index (κ3) is 5.26. The van der Waals surface area contributed by atoms with Crippen LogP contribution in [0.3, 0.4) is 0 Å². The molecule has 2 nitrogen and oxygen atoms in total. The van der Waals surface area contributed by atoms with E-state index < -0.39 is 5.41 Å². The van der Waals surface area contributed by atoms with Gasteiger partial charge in [-0.2, -0.15) is 0 Å². The maximum atomic E-state index is 6.64. The monoisotopic (exact) mass is 727 g/mol. The molecule has 1 aliphatic heterocycles. The van der Waals surface area contributed by atoms with E-state index in [1.165, 1.54) is 55.6 Å². The Labute approximate surface area is 333 Å². The van der Waals surface area contributed by atoms with Crippen LogP contribution in [0.2, 0.25) is 0 Å². The lowest BCUT2D eigenvalue weighted by atomic mass is 9.66. The van der Waals surface area contributed by atoms with E-state index in [-0.39, 0.29) is 0 Å². The number of benzene rings is 9. The van der Waals surface area contributed by atoms with Gasteiger partial charge >= 0.3 is 0 Å². The van der Waals surface area contributed by atoms with E-state index >= 15 is 0 Å². The fourth-order valence-electron chi connectivity index (χ4n) is 9.28. The summed E-state index contributed by atoms with van der Waals surface area (Å²) < 4.78 is 6.64. The van der Waals surface area contributed by atoms with Gasteiger partial charge in [-0.25, -0.2) is 0 Å². The van der Waals surface area contributed by atoms with Crippen molar-refractivity contribution in [3.8, 4) is 56.0 Å². The van der Waals surface area contributed by atoms with E-state index in [2.05, 4.69) is 229 Å². The molecule has 0 unspecified atom stereocenters. The minimum atomic E-state index is -0.560. The Morgan fingerprint density at radius 3 is 1.42 bits per heavy atom. The molecule has 0 atom stereocenters. The van der Waals surface area contributed by atoms with Crippen LogP contribution in [0, 0.1) is 0 Å². The number of anilines is 3. The minimum absolute atomic E-state index is 0.560. The molecule has 9 aromatic carbocycles. The lowest BCUT2D eigenvalue weighted by molar-refractivity contribution is 0.436. The summed E-state index contributed by atoms with van der Waals surface area (Å²) in [5, 5.41) is 0. The SMILES string of the molecule is c1ccc(-c2cccc(N(c3ccc(-c4ccccc4-c4ccccc4)cc3)c3ccc4c(c3)C3(c5ccccc5Oc5ccccc53)c3ccccc3-4)c2)cc1. The molecule has 0 fully saturated rings.